The molecule has 1 saturated heterocycles. The van der Waals surface area contributed by atoms with Crippen LogP contribution in [0.3, 0.4) is 0 Å². The lowest BCUT2D eigenvalue weighted by molar-refractivity contribution is -0.123. The number of benzene rings is 1. The smallest absolute Gasteiger partial charge is 0.245 e. The summed E-state index contributed by atoms with van der Waals surface area (Å²) in [5.74, 6) is -0.0212. The fourth-order valence-corrected chi connectivity index (χ4v) is 2.50. The van der Waals surface area contributed by atoms with E-state index in [1.165, 1.54) is 0 Å². The van der Waals surface area contributed by atoms with Crippen molar-refractivity contribution in [3.8, 4) is 6.07 Å². The lowest BCUT2D eigenvalue weighted by Gasteiger charge is -2.45. The van der Waals surface area contributed by atoms with Crippen molar-refractivity contribution < 1.29 is 4.79 Å². The Morgan fingerprint density at radius 1 is 1.47 bits per heavy atom. The van der Waals surface area contributed by atoms with E-state index in [9.17, 15) is 4.79 Å². The summed E-state index contributed by atoms with van der Waals surface area (Å²) < 4.78 is 0. The van der Waals surface area contributed by atoms with E-state index in [1.807, 2.05) is 49.9 Å². The third-order valence-corrected chi connectivity index (χ3v) is 3.56. The van der Waals surface area contributed by atoms with Gasteiger partial charge in [-0.15, -0.1) is 0 Å². The normalized spacial score (nSPS) is 22.1. The third kappa shape index (κ3) is 2.47. The fraction of sp³-hybridized carbons (Fsp3) is 0.467. The van der Waals surface area contributed by atoms with Crippen LogP contribution in [0.5, 0.6) is 0 Å². The maximum absolute atomic E-state index is 12.6. The molecule has 19 heavy (non-hydrogen) atoms. The van der Waals surface area contributed by atoms with Crippen LogP contribution in [0.4, 0.5) is 5.69 Å². The van der Waals surface area contributed by atoms with Crippen LogP contribution in [0.1, 0.15) is 25.8 Å². The van der Waals surface area contributed by atoms with Crippen LogP contribution in [0.2, 0.25) is 0 Å². The van der Waals surface area contributed by atoms with Gasteiger partial charge in [-0.25, -0.2) is 0 Å². The second-order valence-electron chi connectivity index (χ2n) is 5.57. The Morgan fingerprint density at radius 3 is 2.79 bits per heavy atom. The Kier molecular flexibility index (Phi) is 3.59. The van der Waals surface area contributed by atoms with E-state index in [2.05, 4.69) is 11.4 Å². The van der Waals surface area contributed by atoms with Crippen LogP contribution in [-0.2, 0) is 4.79 Å². The second kappa shape index (κ2) is 5.02. The van der Waals surface area contributed by atoms with Crippen molar-refractivity contribution in [3.05, 3.63) is 29.8 Å². The van der Waals surface area contributed by atoms with Crippen LogP contribution in [0.25, 0.3) is 0 Å². The highest BCUT2D eigenvalue weighted by Crippen LogP contribution is 2.30. The molecule has 100 valence electrons. The van der Waals surface area contributed by atoms with Gasteiger partial charge in [0, 0.05) is 12.2 Å². The van der Waals surface area contributed by atoms with Crippen LogP contribution in [0, 0.1) is 18.3 Å². The molecule has 0 spiro atoms. The van der Waals surface area contributed by atoms with Crippen molar-refractivity contribution in [3.63, 3.8) is 0 Å². The predicted octanol–water partition coefficient (Wildman–Crippen LogP) is 1.99. The standard InChI is InChI=1S/C15H19N3O/c1-11-6-4-5-7-13(11)18-14(19)12(8-9-16)17-10-15(18,2)3/h4-7,12,17H,8,10H2,1-3H3. The van der Waals surface area contributed by atoms with Gasteiger partial charge in [0.1, 0.15) is 6.04 Å². The molecule has 1 aromatic carbocycles. The summed E-state index contributed by atoms with van der Waals surface area (Å²) >= 11 is 0. The van der Waals surface area contributed by atoms with E-state index in [0.29, 0.717) is 6.54 Å². The first-order valence-corrected chi connectivity index (χ1v) is 6.47. The zero-order valence-electron chi connectivity index (χ0n) is 11.6. The van der Waals surface area contributed by atoms with Gasteiger partial charge in [0.2, 0.25) is 5.91 Å². The molecular weight excluding hydrogens is 238 g/mol. The highest BCUT2D eigenvalue weighted by atomic mass is 16.2. The van der Waals surface area contributed by atoms with Crippen molar-refractivity contribution in [2.45, 2.75) is 38.8 Å². The number of nitrogens with zero attached hydrogens (tertiary/aromatic N) is 2. The number of anilines is 1. The zero-order chi connectivity index (χ0) is 14.0. The first kappa shape index (κ1) is 13.6. The number of piperazine rings is 1. The topological polar surface area (TPSA) is 56.1 Å². The Labute approximate surface area is 114 Å². The molecule has 1 amide bonds. The van der Waals surface area contributed by atoms with Crippen LogP contribution in [-0.4, -0.2) is 24.0 Å². The summed E-state index contributed by atoms with van der Waals surface area (Å²) in [5, 5.41) is 12.0. The lowest BCUT2D eigenvalue weighted by atomic mass is 9.94. The molecule has 0 aromatic heterocycles. The molecule has 1 aliphatic heterocycles. The number of amides is 1. The number of nitriles is 1. The summed E-state index contributed by atoms with van der Waals surface area (Å²) in [7, 11) is 0. The summed E-state index contributed by atoms with van der Waals surface area (Å²) in [5.41, 5.74) is 1.71. The van der Waals surface area contributed by atoms with Crippen molar-refractivity contribution >= 4 is 11.6 Å². The van der Waals surface area contributed by atoms with E-state index in [-0.39, 0.29) is 17.9 Å². The van der Waals surface area contributed by atoms with Gasteiger partial charge in [-0.1, -0.05) is 18.2 Å². The molecule has 0 radical (unpaired) electrons. The molecule has 0 bridgehead atoms. The van der Waals surface area contributed by atoms with Crippen molar-refractivity contribution in [2.75, 3.05) is 11.4 Å². The van der Waals surface area contributed by atoms with Crippen LogP contribution < -0.4 is 10.2 Å². The number of para-hydroxylation sites is 1. The van der Waals surface area contributed by atoms with Gasteiger partial charge in [0.05, 0.1) is 18.0 Å². The van der Waals surface area contributed by atoms with Gasteiger partial charge in [-0.05, 0) is 32.4 Å². The van der Waals surface area contributed by atoms with E-state index in [1.54, 1.807) is 0 Å². The van der Waals surface area contributed by atoms with Gasteiger partial charge < -0.3 is 10.2 Å². The SMILES string of the molecule is Cc1ccccc1N1C(=O)C(CC#N)NCC1(C)C. The molecule has 1 aromatic rings. The molecule has 2 rings (SSSR count). The minimum Gasteiger partial charge on any atom is -0.304 e. The molecule has 0 saturated carbocycles. The Balaban J connectivity index is 2.42. The number of carbonyl (C=O) groups is 1. The molecule has 0 aliphatic carbocycles. The zero-order valence-corrected chi connectivity index (χ0v) is 11.6. The Bertz CT molecular complexity index is 530. The molecule has 1 aliphatic rings. The summed E-state index contributed by atoms with van der Waals surface area (Å²) in [6.45, 7) is 6.75. The minimum atomic E-state index is -0.405. The van der Waals surface area contributed by atoms with Gasteiger partial charge in [-0.2, -0.15) is 5.26 Å². The first-order valence-electron chi connectivity index (χ1n) is 6.47. The van der Waals surface area contributed by atoms with E-state index in [0.717, 1.165) is 11.3 Å². The summed E-state index contributed by atoms with van der Waals surface area (Å²) in [4.78, 5) is 14.4. The Hall–Kier alpha value is -1.86. The number of aryl methyl sites for hydroxylation is 1. The number of carbonyl (C=O) groups excluding carboxylic acids is 1. The number of hydrogen-bond acceptors (Lipinski definition) is 3. The van der Waals surface area contributed by atoms with Gasteiger partial charge in [-0.3, -0.25) is 4.79 Å². The molecule has 4 nitrogen and oxygen atoms in total. The summed E-state index contributed by atoms with van der Waals surface area (Å²) in [6.07, 6.45) is 0.206. The second-order valence-corrected chi connectivity index (χ2v) is 5.57. The van der Waals surface area contributed by atoms with E-state index >= 15 is 0 Å². The average molecular weight is 257 g/mol. The van der Waals surface area contributed by atoms with Crippen molar-refractivity contribution in [2.24, 2.45) is 0 Å². The van der Waals surface area contributed by atoms with Gasteiger partial charge in [0.15, 0.2) is 0 Å². The quantitative estimate of drug-likeness (QED) is 0.881. The van der Waals surface area contributed by atoms with E-state index < -0.39 is 6.04 Å². The molecule has 1 unspecified atom stereocenters. The summed E-state index contributed by atoms with van der Waals surface area (Å²) in [6, 6.07) is 9.53. The third-order valence-electron chi connectivity index (χ3n) is 3.56. The van der Waals surface area contributed by atoms with Gasteiger partial charge in [0.25, 0.3) is 0 Å². The highest BCUT2D eigenvalue weighted by Gasteiger charge is 2.41. The number of hydrogen-bond donors (Lipinski definition) is 1. The van der Waals surface area contributed by atoms with E-state index in [4.69, 9.17) is 5.26 Å². The fourth-order valence-electron chi connectivity index (χ4n) is 2.50. The minimum absolute atomic E-state index is 0.0212. The highest BCUT2D eigenvalue weighted by molar-refractivity contribution is 6.00. The number of nitrogens with one attached hydrogen (secondary N) is 1. The molecule has 1 atom stereocenters. The maximum atomic E-state index is 12.6. The molecular formula is C15H19N3O. The molecule has 1 heterocycles. The average Bonchev–Trinajstić information content (AvgIpc) is 2.35. The lowest BCUT2D eigenvalue weighted by Crippen LogP contribution is -2.65. The predicted molar refractivity (Wildman–Crippen MR) is 74.8 cm³/mol. The monoisotopic (exact) mass is 257 g/mol. The van der Waals surface area contributed by atoms with Crippen molar-refractivity contribution in [1.82, 2.24) is 5.32 Å². The Morgan fingerprint density at radius 2 is 2.16 bits per heavy atom. The molecule has 4 heteroatoms. The van der Waals surface area contributed by atoms with Crippen molar-refractivity contribution in [1.29, 1.82) is 5.26 Å². The maximum Gasteiger partial charge on any atom is 0.245 e. The number of rotatable bonds is 2. The molecule has 1 fully saturated rings. The van der Waals surface area contributed by atoms with Gasteiger partial charge >= 0.3 is 0 Å². The van der Waals surface area contributed by atoms with Crippen LogP contribution >= 0.6 is 0 Å². The largest absolute Gasteiger partial charge is 0.304 e. The first-order chi connectivity index (χ1) is 8.97. The molecule has 1 N–H and O–H groups in total. The van der Waals surface area contributed by atoms with Crippen LogP contribution in [0.15, 0.2) is 24.3 Å².